The molecule has 1 saturated heterocycles. The van der Waals surface area contributed by atoms with E-state index in [2.05, 4.69) is 12.2 Å². The molecule has 2 atom stereocenters. The van der Waals surface area contributed by atoms with E-state index in [0.29, 0.717) is 6.61 Å². The van der Waals surface area contributed by atoms with Crippen molar-refractivity contribution < 1.29 is 9.13 Å². The van der Waals surface area contributed by atoms with Gasteiger partial charge in [-0.3, -0.25) is 0 Å². The molecule has 2 nitrogen and oxygen atoms in total. The maximum absolute atomic E-state index is 13.0. The predicted octanol–water partition coefficient (Wildman–Crippen LogP) is 1.88. The Morgan fingerprint density at radius 3 is 3.07 bits per heavy atom. The van der Waals surface area contributed by atoms with Gasteiger partial charge in [0.15, 0.2) is 0 Å². The fourth-order valence-corrected chi connectivity index (χ4v) is 1.79. The van der Waals surface area contributed by atoms with E-state index in [1.165, 1.54) is 12.1 Å². The summed E-state index contributed by atoms with van der Waals surface area (Å²) in [5.74, 6) is -0.205. The summed E-state index contributed by atoms with van der Waals surface area (Å²) < 4.78 is 18.6. The third-order valence-corrected chi connectivity index (χ3v) is 2.50. The molecular formula is C11H14FNO. The zero-order valence-electron chi connectivity index (χ0n) is 8.16. The molecule has 1 aliphatic heterocycles. The highest BCUT2D eigenvalue weighted by atomic mass is 19.1. The van der Waals surface area contributed by atoms with Gasteiger partial charge in [-0.05, 0) is 24.6 Å². The number of hydrogen-bond acceptors (Lipinski definition) is 2. The molecule has 0 aromatic heterocycles. The lowest BCUT2D eigenvalue weighted by Crippen LogP contribution is -2.41. The predicted molar refractivity (Wildman–Crippen MR) is 52.6 cm³/mol. The molecule has 0 spiro atoms. The van der Waals surface area contributed by atoms with E-state index in [9.17, 15) is 4.39 Å². The molecular weight excluding hydrogens is 181 g/mol. The average molecular weight is 195 g/mol. The first-order chi connectivity index (χ1) is 6.77. The second-order valence-corrected chi connectivity index (χ2v) is 3.59. The maximum Gasteiger partial charge on any atom is 0.123 e. The van der Waals surface area contributed by atoms with E-state index < -0.39 is 0 Å². The molecule has 76 valence electrons. The monoisotopic (exact) mass is 195 g/mol. The first-order valence-corrected chi connectivity index (χ1v) is 4.88. The molecule has 1 N–H and O–H groups in total. The molecule has 0 radical (unpaired) electrons. The van der Waals surface area contributed by atoms with Crippen molar-refractivity contribution in [3.05, 3.63) is 35.6 Å². The summed E-state index contributed by atoms with van der Waals surface area (Å²) >= 11 is 0. The Labute approximate surface area is 83.1 Å². The van der Waals surface area contributed by atoms with Crippen molar-refractivity contribution in [3.63, 3.8) is 0 Å². The summed E-state index contributed by atoms with van der Waals surface area (Å²) in [7, 11) is 0. The third-order valence-electron chi connectivity index (χ3n) is 2.50. The smallest absolute Gasteiger partial charge is 0.123 e. The van der Waals surface area contributed by atoms with Crippen LogP contribution in [0.3, 0.4) is 0 Å². The van der Waals surface area contributed by atoms with Crippen molar-refractivity contribution >= 4 is 0 Å². The van der Waals surface area contributed by atoms with Gasteiger partial charge in [0.05, 0.1) is 12.7 Å². The largest absolute Gasteiger partial charge is 0.371 e. The number of rotatable bonds is 1. The Balaban J connectivity index is 2.20. The van der Waals surface area contributed by atoms with Crippen LogP contribution >= 0.6 is 0 Å². The summed E-state index contributed by atoms with van der Waals surface area (Å²) in [6.07, 6.45) is -0.0283. The second kappa shape index (κ2) is 4.07. The van der Waals surface area contributed by atoms with Crippen LogP contribution in [0.1, 0.15) is 18.6 Å². The van der Waals surface area contributed by atoms with Gasteiger partial charge < -0.3 is 10.1 Å². The van der Waals surface area contributed by atoms with Crippen LogP contribution in [0.4, 0.5) is 4.39 Å². The first kappa shape index (κ1) is 9.62. The van der Waals surface area contributed by atoms with Crippen LogP contribution in [0.2, 0.25) is 0 Å². The maximum atomic E-state index is 13.0. The van der Waals surface area contributed by atoms with E-state index >= 15 is 0 Å². The molecule has 0 bridgehead atoms. The lowest BCUT2D eigenvalue weighted by Gasteiger charge is -2.30. The minimum Gasteiger partial charge on any atom is -0.371 e. The zero-order valence-corrected chi connectivity index (χ0v) is 8.16. The van der Waals surface area contributed by atoms with Crippen LogP contribution in [-0.2, 0) is 4.74 Å². The topological polar surface area (TPSA) is 21.3 Å². The fourth-order valence-electron chi connectivity index (χ4n) is 1.79. The van der Waals surface area contributed by atoms with Crippen molar-refractivity contribution in [2.75, 3.05) is 13.2 Å². The number of morpholine rings is 1. The second-order valence-electron chi connectivity index (χ2n) is 3.59. The molecule has 0 amide bonds. The lowest BCUT2D eigenvalue weighted by molar-refractivity contribution is -0.000381. The molecule has 1 aromatic carbocycles. The first-order valence-electron chi connectivity index (χ1n) is 4.88. The molecule has 2 rings (SSSR count). The molecule has 1 aliphatic rings. The van der Waals surface area contributed by atoms with Crippen LogP contribution in [0.5, 0.6) is 0 Å². The Morgan fingerprint density at radius 2 is 2.36 bits per heavy atom. The summed E-state index contributed by atoms with van der Waals surface area (Å²) in [5, 5.41) is 3.30. The molecule has 14 heavy (non-hydrogen) atoms. The molecule has 1 fully saturated rings. The van der Waals surface area contributed by atoms with Gasteiger partial charge in [-0.1, -0.05) is 12.1 Å². The quantitative estimate of drug-likeness (QED) is 0.738. The molecule has 0 aliphatic carbocycles. The highest BCUT2D eigenvalue weighted by molar-refractivity contribution is 5.20. The van der Waals surface area contributed by atoms with Crippen LogP contribution < -0.4 is 5.32 Å². The Bertz CT molecular complexity index is 316. The van der Waals surface area contributed by atoms with Crippen molar-refractivity contribution in [2.24, 2.45) is 0 Å². The van der Waals surface area contributed by atoms with Crippen LogP contribution in [0.25, 0.3) is 0 Å². The lowest BCUT2D eigenvalue weighted by atomic mass is 10.0. The number of ether oxygens (including phenoxy) is 1. The van der Waals surface area contributed by atoms with Crippen molar-refractivity contribution in [1.29, 1.82) is 0 Å². The van der Waals surface area contributed by atoms with E-state index in [4.69, 9.17) is 4.74 Å². The van der Waals surface area contributed by atoms with Gasteiger partial charge in [0, 0.05) is 12.6 Å². The number of nitrogens with one attached hydrogen (secondary N) is 1. The van der Waals surface area contributed by atoms with Crippen LogP contribution in [0.15, 0.2) is 24.3 Å². The molecule has 1 heterocycles. The minimum absolute atomic E-state index is 0.0283. The van der Waals surface area contributed by atoms with E-state index in [1.807, 2.05) is 6.07 Å². The van der Waals surface area contributed by atoms with Gasteiger partial charge >= 0.3 is 0 Å². The van der Waals surface area contributed by atoms with Crippen molar-refractivity contribution in [1.82, 2.24) is 5.32 Å². The Morgan fingerprint density at radius 1 is 1.50 bits per heavy atom. The number of hydrogen-bond donors (Lipinski definition) is 1. The highest BCUT2D eigenvalue weighted by Gasteiger charge is 2.23. The van der Waals surface area contributed by atoms with Gasteiger partial charge in [-0.25, -0.2) is 4.39 Å². The summed E-state index contributed by atoms with van der Waals surface area (Å²) in [6.45, 7) is 3.60. The number of halogens is 1. The van der Waals surface area contributed by atoms with Gasteiger partial charge in [0.25, 0.3) is 0 Å². The standard InChI is InChI=1S/C11H14FNO/c1-8-11(14-6-5-13-8)9-3-2-4-10(12)7-9/h2-4,7-8,11,13H,5-6H2,1H3/t8-,11-/m1/s1. The summed E-state index contributed by atoms with van der Waals surface area (Å²) in [5.41, 5.74) is 0.907. The van der Waals surface area contributed by atoms with Gasteiger partial charge in [-0.15, -0.1) is 0 Å². The molecule has 3 heteroatoms. The summed E-state index contributed by atoms with van der Waals surface area (Å²) in [4.78, 5) is 0. The van der Waals surface area contributed by atoms with Crippen molar-refractivity contribution in [2.45, 2.75) is 19.1 Å². The molecule has 1 aromatic rings. The van der Waals surface area contributed by atoms with Gasteiger partial charge in [-0.2, -0.15) is 0 Å². The zero-order chi connectivity index (χ0) is 9.97. The van der Waals surface area contributed by atoms with E-state index in [1.54, 1.807) is 6.07 Å². The Hall–Kier alpha value is -0.930. The molecule has 0 unspecified atom stereocenters. The minimum atomic E-state index is -0.205. The van der Waals surface area contributed by atoms with E-state index in [-0.39, 0.29) is 18.0 Å². The Kier molecular flexibility index (Phi) is 2.79. The van der Waals surface area contributed by atoms with Crippen molar-refractivity contribution in [3.8, 4) is 0 Å². The normalized spacial score (nSPS) is 27.6. The fraction of sp³-hybridized carbons (Fsp3) is 0.455. The average Bonchev–Trinajstić information content (AvgIpc) is 2.18. The van der Waals surface area contributed by atoms with E-state index in [0.717, 1.165) is 12.1 Å². The third kappa shape index (κ3) is 1.94. The SMILES string of the molecule is C[C@H]1NCCO[C@H]1c1cccc(F)c1. The summed E-state index contributed by atoms with van der Waals surface area (Å²) in [6, 6.07) is 6.84. The molecule has 0 saturated carbocycles. The number of benzene rings is 1. The van der Waals surface area contributed by atoms with Gasteiger partial charge in [0.2, 0.25) is 0 Å². The van der Waals surface area contributed by atoms with Crippen LogP contribution in [-0.4, -0.2) is 19.2 Å². The van der Waals surface area contributed by atoms with Crippen LogP contribution in [0, 0.1) is 5.82 Å². The highest BCUT2D eigenvalue weighted by Crippen LogP contribution is 2.23. The van der Waals surface area contributed by atoms with Gasteiger partial charge in [0.1, 0.15) is 5.82 Å².